The third-order valence-electron chi connectivity index (χ3n) is 5.07. The predicted octanol–water partition coefficient (Wildman–Crippen LogP) is 2.51. The summed E-state index contributed by atoms with van der Waals surface area (Å²) in [5.41, 5.74) is 5.17. The van der Waals surface area contributed by atoms with Crippen LogP contribution in [0.4, 0.5) is 0 Å². The van der Waals surface area contributed by atoms with Gasteiger partial charge in [0.2, 0.25) is 5.91 Å². The second kappa shape index (κ2) is 9.21. The molecule has 1 aliphatic carbocycles. The lowest BCUT2D eigenvalue weighted by atomic mass is 9.54. The molecule has 1 saturated carbocycles. The predicted molar refractivity (Wildman–Crippen MR) is 95.9 cm³/mol. The summed E-state index contributed by atoms with van der Waals surface area (Å²) in [6, 6.07) is 0. The average molecular weight is 351 g/mol. The summed E-state index contributed by atoms with van der Waals surface area (Å²) in [6.07, 6.45) is 1.62. The molecule has 1 rings (SSSR count). The van der Waals surface area contributed by atoms with Crippen molar-refractivity contribution in [2.45, 2.75) is 72.1 Å². The van der Waals surface area contributed by atoms with Crippen LogP contribution in [0, 0.1) is 11.3 Å². The number of nitrogens with two attached hydrogens (primary N) is 1. The van der Waals surface area contributed by atoms with Crippen molar-refractivity contribution in [2.24, 2.45) is 17.1 Å². The van der Waals surface area contributed by atoms with Crippen LogP contribution in [0.15, 0.2) is 0 Å². The largest absolute Gasteiger partial charge is 0.378 e. The van der Waals surface area contributed by atoms with Crippen molar-refractivity contribution in [1.29, 1.82) is 0 Å². The van der Waals surface area contributed by atoms with Crippen LogP contribution >= 0.6 is 12.4 Å². The van der Waals surface area contributed by atoms with E-state index in [0.29, 0.717) is 32.1 Å². The zero-order valence-corrected chi connectivity index (χ0v) is 16.3. The quantitative estimate of drug-likeness (QED) is 0.670. The molecule has 0 saturated heterocycles. The van der Waals surface area contributed by atoms with E-state index in [-0.39, 0.29) is 35.9 Å². The Morgan fingerprint density at radius 1 is 1.30 bits per heavy atom. The second-order valence-electron chi connectivity index (χ2n) is 7.12. The van der Waals surface area contributed by atoms with Crippen molar-refractivity contribution in [3.8, 4) is 0 Å². The number of ether oxygens (including phenoxy) is 2. The first-order valence-corrected chi connectivity index (χ1v) is 8.51. The maximum absolute atomic E-state index is 12.5. The summed E-state index contributed by atoms with van der Waals surface area (Å²) in [4.78, 5) is 12.5. The summed E-state index contributed by atoms with van der Waals surface area (Å²) in [5, 5.41) is 2.99. The molecule has 23 heavy (non-hydrogen) atoms. The highest BCUT2D eigenvalue weighted by Crippen LogP contribution is 2.49. The van der Waals surface area contributed by atoms with E-state index >= 15 is 0 Å². The Morgan fingerprint density at radius 3 is 2.35 bits per heavy atom. The van der Waals surface area contributed by atoms with Crippen molar-refractivity contribution in [2.75, 3.05) is 19.8 Å². The number of nitrogens with one attached hydrogen (secondary N) is 1. The SMILES string of the molecule is CCOC(CCNC(=O)C1(N)CC(OCC)C1(C)C)C(C)C.Cl. The number of rotatable bonds is 9. The highest BCUT2D eigenvalue weighted by Gasteiger charge is 2.62. The molecule has 3 N–H and O–H groups in total. The minimum atomic E-state index is -0.841. The normalized spacial score (nSPS) is 27.0. The molecule has 1 amide bonds. The van der Waals surface area contributed by atoms with Gasteiger partial charge in [0.1, 0.15) is 5.54 Å². The summed E-state index contributed by atoms with van der Waals surface area (Å²) in [6.45, 7) is 14.2. The highest BCUT2D eigenvalue weighted by atomic mass is 35.5. The Balaban J connectivity index is 0.00000484. The molecule has 1 fully saturated rings. The molecule has 138 valence electrons. The minimum Gasteiger partial charge on any atom is -0.378 e. The highest BCUT2D eigenvalue weighted by molar-refractivity contribution is 5.88. The molecule has 0 bridgehead atoms. The molecule has 0 radical (unpaired) electrons. The van der Waals surface area contributed by atoms with E-state index in [2.05, 4.69) is 19.2 Å². The van der Waals surface area contributed by atoms with Crippen LogP contribution in [0.2, 0.25) is 0 Å². The summed E-state index contributed by atoms with van der Waals surface area (Å²) < 4.78 is 11.4. The number of hydrogen-bond donors (Lipinski definition) is 2. The van der Waals surface area contributed by atoms with Gasteiger partial charge in [-0.15, -0.1) is 12.4 Å². The van der Waals surface area contributed by atoms with E-state index < -0.39 is 5.54 Å². The topological polar surface area (TPSA) is 73.6 Å². The fraction of sp³-hybridized carbons (Fsp3) is 0.941. The van der Waals surface area contributed by atoms with Gasteiger partial charge < -0.3 is 20.5 Å². The van der Waals surface area contributed by atoms with Gasteiger partial charge in [0.25, 0.3) is 0 Å². The molecule has 3 atom stereocenters. The van der Waals surface area contributed by atoms with Crippen molar-refractivity contribution in [3.63, 3.8) is 0 Å². The third-order valence-corrected chi connectivity index (χ3v) is 5.07. The molecule has 0 aromatic rings. The Kier molecular flexibility index (Phi) is 9.06. The zero-order valence-electron chi connectivity index (χ0n) is 15.5. The molecule has 0 spiro atoms. The van der Waals surface area contributed by atoms with Gasteiger partial charge in [-0.25, -0.2) is 0 Å². The van der Waals surface area contributed by atoms with Gasteiger partial charge in [0, 0.05) is 31.6 Å². The fourth-order valence-electron chi connectivity index (χ4n) is 3.13. The van der Waals surface area contributed by atoms with Crippen molar-refractivity contribution < 1.29 is 14.3 Å². The van der Waals surface area contributed by atoms with Gasteiger partial charge in [0.05, 0.1) is 12.2 Å². The van der Waals surface area contributed by atoms with Crippen molar-refractivity contribution in [1.82, 2.24) is 5.32 Å². The van der Waals surface area contributed by atoms with Gasteiger partial charge in [-0.1, -0.05) is 27.7 Å². The van der Waals surface area contributed by atoms with Crippen LogP contribution in [-0.2, 0) is 14.3 Å². The van der Waals surface area contributed by atoms with E-state index in [0.717, 1.165) is 6.42 Å². The fourth-order valence-corrected chi connectivity index (χ4v) is 3.13. The lowest BCUT2D eigenvalue weighted by Gasteiger charge is -2.57. The number of carbonyl (C=O) groups is 1. The summed E-state index contributed by atoms with van der Waals surface area (Å²) in [7, 11) is 0. The summed E-state index contributed by atoms with van der Waals surface area (Å²) >= 11 is 0. The van der Waals surface area contributed by atoms with Crippen LogP contribution in [0.5, 0.6) is 0 Å². The standard InChI is InChI=1S/C17H34N2O3.ClH/c1-7-21-13(12(3)4)9-10-19-15(20)17(18)11-14(22-8-2)16(17,5)6;/h12-14H,7-11,18H2,1-6H3,(H,19,20);1H. The molecule has 6 heteroatoms. The molecule has 0 aromatic heterocycles. The van der Waals surface area contributed by atoms with Crippen LogP contribution in [0.3, 0.4) is 0 Å². The molecule has 5 nitrogen and oxygen atoms in total. The van der Waals surface area contributed by atoms with Crippen LogP contribution < -0.4 is 11.1 Å². The van der Waals surface area contributed by atoms with E-state index in [4.69, 9.17) is 15.2 Å². The second-order valence-corrected chi connectivity index (χ2v) is 7.12. The first-order valence-electron chi connectivity index (χ1n) is 8.51. The minimum absolute atomic E-state index is 0. The van der Waals surface area contributed by atoms with E-state index in [9.17, 15) is 4.79 Å². The molecule has 0 aliphatic heterocycles. The van der Waals surface area contributed by atoms with Crippen molar-refractivity contribution in [3.05, 3.63) is 0 Å². The first-order chi connectivity index (χ1) is 10.2. The molecule has 3 unspecified atom stereocenters. The van der Waals surface area contributed by atoms with E-state index in [1.165, 1.54) is 0 Å². The van der Waals surface area contributed by atoms with Crippen LogP contribution in [0.25, 0.3) is 0 Å². The van der Waals surface area contributed by atoms with Gasteiger partial charge in [-0.2, -0.15) is 0 Å². The molecule has 1 aliphatic rings. The Bertz CT molecular complexity index is 377. The van der Waals surface area contributed by atoms with Crippen molar-refractivity contribution >= 4 is 18.3 Å². The Hall–Kier alpha value is -0.360. The molecular weight excluding hydrogens is 316 g/mol. The molecule has 0 heterocycles. The lowest BCUT2D eigenvalue weighted by Crippen LogP contribution is -2.75. The lowest BCUT2D eigenvalue weighted by molar-refractivity contribution is -0.170. The van der Waals surface area contributed by atoms with Gasteiger partial charge >= 0.3 is 0 Å². The van der Waals surface area contributed by atoms with Gasteiger partial charge in [-0.3, -0.25) is 4.79 Å². The van der Waals surface area contributed by atoms with Gasteiger partial charge in [-0.05, 0) is 26.2 Å². The van der Waals surface area contributed by atoms with E-state index in [1.807, 2.05) is 27.7 Å². The number of hydrogen-bond acceptors (Lipinski definition) is 4. The number of halogens is 1. The maximum Gasteiger partial charge on any atom is 0.240 e. The van der Waals surface area contributed by atoms with Gasteiger partial charge in [0.15, 0.2) is 0 Å². The smallest absolute Gasteiger partial charge is 0.240 e. The monoisotopic (exact) mass is 350 g/mol. The van der Waals surface area contributed by atoms with Crippen LogP contribution in [0.1, 0.15) is 54.4 Å². The van der Waals surface area contributed by atoms with Crippen LogP contribution in [-0.4, -0.2) is 43.4 Å². The Morgan fingerprint density at radius 2 is 1.91 bits per heavy atom. The molecule has 0 aromatic carbocycles. The average Bonchev–Trinajstić information content (AvgIpc) is 2.45. The van der Waals surface area contributed by atoms with E-state index in [1.54, 1.807) is 0 Å². The molecular formula is C17H35ClN2O3. The number of amides is 1. The zero-order chi connectivity index (χ0) is 17.0. The Labute approximate surface area is 147 Å². The third kappa shape index (κ3) is 4.81. The summed E-state index contributed by atoms with van der Waals surface area (Å²) in [5.74, 6) is 0.360. The number of carbonyl (C=O) groups excluding carboxylic acids is 1. The first kappa shape index (κ1) is 22.6. The maximum atomic E-state index is 12.5.